The third-order valence-electron chi connectivity index (χ3n) is 5.37. The van der Waals surface area contributed by atoms with Gasteiger partial charge < -0.3 is 9.64 Å². The number of fused-ring (bicyclic) bond motifs is 1. The van der Waals surface area contributed by atoms with Gasteiger partial charge in [-0.1, -0.05) is 18.5 Å². The summed E-state index contributed by atoms with van der Waals surface area (Å²) in [6.45, 7) is 4.53. The average molecular weight is 478 g/mol. The van der Waals surface area contributed by atoms with E-state index in [2.05, 4.69) is 20.0 Å². The highest BCUT2D eigenvalue weighted by atomic mass is 35.5. The number of halogens is 1. The zero-order valence-corrected chi connectivity index (χ0v) is 19.8. The van der Waals surface area contributed by atoms with Crippen LogP contribution in [0.4, 0.5) is 16.3 Å². The standard InChI is InChI=1S/C25H24ClN5O3/c1-4-11-30(19-7-8-20(26)16(2)12-19)24(32)18-6-10-23-28-14-21(31(23)15-18)17-5-9-22(27-13-17)29-25(33)34-3/h5-10,12-15H,4,11H2,1-3H3,(H,27,29,33). The molecule has 1 N–H and O–H groups in total. The summed E-state index contributed by atoms with van der Waals surface area (Å²) in [5.41, 5.74) is 4.51. The van der Waals surface area contributed by atoms with Gasteiger partial charge in [-0.15, -0.1) is 0 Å². The molecular formula is C25H24ClN5O3. The smallest absolute Gasteiger partial charge is 0.412 e. The number of pyridine rings is 2. The third kappa shape index (κ3) is 4.72. The van der Waals surface area contributed by atoms with Crippen LogP contribution in [0.1, 0.15) is 29.3 Å². The molecule has 2 amide bonds. The molecule has 0 bridgehead atoms. The molecule has 0 radical (unpaired) electrons. The Kier molecular flexibility index (Phi) is 6.79. The first kappa shape index (κ1) is 23.3. The fourth-order valence-corrected chi connectivity index (χ4v) is 3.74. The molecule has 0 fully saturated rings. The maximum absolute atomic E-state index is 13.5. The largest absolute Gasteiger partial charge is 0.453 e. The number of hydrogen-bond donors (Lipinski definition) is 1. The number of imidazole rings is 1. The van der Waals surface area contributed by atoms with E-state index in [0.717, 1.165) is 28.9 Å². The SMILES string of the molecule is CCCN(C(=O)c1ccc2ncc(-c3ccc(NC(=O)OC)nc3)n2c1)c1ccc(Cl)c(C)c1. The number of amides is 2. The number of rotatable bonds is 6. The molecule has 0 aliphatic heterocycles. The Bertz CT molecular complexity index is 1350. The van der Waals surface area contributed by atoms with E-state index >= 15 is 0 Å². The number of ether oxygens (including phenoxy) is 1. The van der Waals surface area contributed by atoms with Gasteiger partial charge in [-0.05, 0) is 61.4 Å². The lowest BCUT2D eigenvalue weighted by atomic mass is 10.1. The van der Waals surface area contributed by atoms with E-state index in [9.17, 15) is 9.59 Å². The highest BCUT2D eigenvalue weighted by Crippen LogP contribution is 2.26. The highest BCUT2D eigenvalue weighted by Gasteiger charge is 2.19. The number of carbonyl (C=O) groups is 2. The first-order valence-electron chi connectivity index (χ1n) is 10.8. The van der Waals surface area contributed by atoms with E-state index in [1.807, 2.05) is 48.6 Å². The number of carbonyl (C=O) groups excluding carboxylic acids is 2. The minimum absolute atomic E-state index is 0.110. The fourth-order valence-electron chi connectivity index (χ4n) is 3.62. The van der Waals surface area contributed by atoms with Crippen LogP contribution < -0.4 is 10.2 Å². The monoisotopic (exact) mass is 477 g/mol. The van der Waals surface area contributed by atoms with Crippen molar-refractivity contribution in [2.24, 2.45) is 0 Å². The summed E-state index contributed by atoms with van der Waals surface area (Å²) in [7, 11) is 1.29. The van der Waals surface area contributed by atoms with Gasteiger partial charge in [0.25, 0.3) is 5.91 Å². The zero-order valence-electron chi connectivity index (χ0n) is 19.1. The number of methoxy groups -OCH3 is 1. The molecular weight excluding hydrogens is 454 g/mol. The summed E-state index contributed by atoms with van der Waals surface area (Å²) >= 11 is 6.18. The molecule has 8 nitrogen and oxygen atoms in total. The summed E-state index contributed by atoms with van der Waals surface area (Å²) < 4.78 is 6.44. The van der Waals surface area contributed by atoms with Crippen molar-refractivity contribution in [3.8, 4) is 11.3 Å². The van der Waals surface area contributed by atoms with E-state index in [0.29, 0.717) is 28.6 Å². The first-order valence-corrected chi connectivity index (χ1v) is 11.2. The van der Waals surface area contributed by atoms with Crippen molar-refractivity contribution >= 4 is 40.8 Å². The number of nitrogens with zero attached hydrogens (tertiary/aromatic N) is 4. The van der Waals surface area contributed by atoms with E-state index < -0.39 is 6.09 Å². The van der Waals surface area contributed by atoms with Gasteiger partial charge in [0, 0.05) is 35.2 Å². The van der Waals surface area contributed by atoms with Crippen LogP contribution in [-0.4, -0.2) is 40.0 Å². The van der Waals surface area contributed by atoms with Crippen molar-refractivity contribution < 1.29 is 14.3 Å². The maximum atomic E-state index is 13.5. The Hall–Kier alpha value is -3.91. The number of hydrogen-bond acceptors (Lipinski definition) is 5. The number of benzene rings is 1. The Labute approximate surface area is 202 Å². The average Bonchev–Trinajstić information content (AvgIpc) is 3.27. The topological polar surface area (TPSA) is 88.8 Å². The van der Waals surface area contributed by atoms with Crippen molar-refractivity contribution in [1.29, 1.82) is 0 Å². The summed E-state index contributed by atoms with van der Waals surface area (Å²) in [4.78, 5) is 35.4. The van der Waals surface area contributed by atoms with Crippen molar-refractivity contribution in [1.82, 2.24) is 14.4 Å². The molecule has 0 aliphatic rings. The zero-order chi connectivity index (χ0) is 24.2. The molecule has 0 unspecified atom stereocenters. The molecule has 1 aromatic carbocycles. The number of aryl methyl sites for hydroxylation is 1. The van der Waals surface area contributed by atoms with Gasteiger partial charge in [0.2, 0.25) is 0 Å². The van der Waals surface area contributed by atoms with Gasteiger partial charge in [0.05, 0.1) is 24.6 Å². The molecule has 0 saturated carbocycles. The second kappa shape index (κ2) is 9.93. The molecule has 174 valence electrons. The number of anilines is 2. The fraction of sp³-hybridized carbons (Fsp3) is 0.200. The Morgan fingerprint density at radius 2 is 1.94 bits per heavy atom. The number of aromatic nitrogens is 3. The number of nitrogens with one attached hydrogen (secondary N) is 1. The minimum atomic E-state index is -0.592. The van der Waals surface area contributed by atoms with Gasteiger partial charge in [-0.2, -0.15) is 0 Å². The molecule has 0 spiro atoms. The van der Waals surface area contributed by atoms with Crippen LogP contribution in [0.25, 0.3) is 16.9 Å². The predicted molar refractivity (Wildman–Crippen MR) is 133 cm³/mol. The van der Waals surface area contributed by atoms with Crippen LogP contribution >= 0.6 is 11.6 Å². The molecule has 4 rings (SSSR count). The molecule has 3 heterocycles. The summed E-state index contributed by atoms with van der Waals surface area (Å²) in [5, 5.41) is 3.18. The Balaban J connectivity index is 1.67. The van der Waals surface area contributed by atoms with Gasteiger partial charge in [0.15, 0.2) is 0 Å². The van der Waals surface area contributed by atoms with Crippen LogP contribution in [0.15, 0.2) is 61.1 Å². The molecule has 3 aromatic heterocycles. The predicted octanol–water partition coefficient (Wildman–Crippen LogP) is 5.59. The van der Waals surface area contributed by atoms with E-state index in [1.165, 1.54) is 7.11 Å². The van der Waals surface area contributed by atoms with Crippen molar-refractivity contribution in [2.75, 3.05) is 23.9 Å². The lowest BCUT2D eigenvalue weighted by Gasteiger charge is -2.23. The minimum Gasteiger partial charge on any atom is -0.453 e. The third-order valence-corrected chi connectivity index (χ3v) is 5.80. The quantitative estimate of drug-likeness (QED) is 0.391. The van der Waals surface area contributed by atoms with Crippen LogP contribution in [0.3, 0.4) is 0 Å². The molecule has 0 aliphatic carbocycles. The van der Waals surface area contributed by atoms with Gasteiger partial charge in [0.1, 0.15) is 11.5 Å². The van der Waals surface area contributed by atoms with Gasteiger partial charge in [-0.3, -0.25) is 14.5 Å². The van der Waals surface area contributed by atoms with Crippen LogP contribution in [-0.2, 0) is 4.74 Å². The molecule has 0 atom stereocenters. The van der Waals surface area contributed by atoms with Crippen LogP contribution in [0, 0.1) is 6.92 Å². The van der Waals surface area contributed by atoms with Crippen molar-refractivity contribution in [3.05, 3.63) is 77.2 Å². The summed E-state index contributed by atoms with van der Waals surface area (Å²) in [6, 6.07) is 12.7. The van der Waals surface area contributed by atoms with Gasteiger partial charge >= 0.3 is 6.09 Å². The lowest BCUT2D eigenvalue weighted by Crippen LogP contribution is -2.32. The summed E-state index contributed by atoms with van der Waals surface area (Å²) in [6.07, 6.45) is 5.35. The second-order valence-electron chi connectivity index (χ2n) is 7.73. The van der Waals surface area contributed by atoms with Gasteiger partial charge in [-0.25, -0.2) is 14.8 Å². The highest BCUT2D eigenvalue weighted by molar-refractivity contribution is 6.31. The summed E-state index contributed by atoms with van der Waals surface area (Å²) in [5.74, 6) is 0.259. The van der Waals surface area contributed by atoms with Crippen LogP contribution in [0.2, 0.25) is 5.02 Å². The van der Waals surface area contributed by atoms with E-state index in [1.54, 1.807) is 35.6 Å². The van der Waals surface area contributed by atoms with Crippen molar-refractivity contribution in [3.63, 3.8) is 0 Å². The Morgan fingerprint density at radius 3 is 2.62 bits per heavy atom. The normalized spacial score (nSPS) is 10.8. The second-order valence-corrected chi connectivity index (χ2v) is 8.14. The molecule has 34 heavy (non-hydrogen) atoms. The first-order chi connectivity index (χ1) is 16.4. The Morgan fingerprint density at radius 1 is 1.12 bits per heavy atom. The van der Waals surface area contributed by atoms with E-state index in [4.69, 9.17) is 11.6 Å². The van der Waals surface area contributed by atoms with E-state index in [-0.39, 0.29) is 5.91 Å². The molecule has 4 aromatic rings. The lowest BCUT2D eigenvalue weighted by molar-refractivity contribution is 0.0986. The van der Waals surface area contributed by atoms with Crippen molar-refractivity contribution in [2.45, 2.75) is 20.3 Å². The molecule has 0 saturated heterocycles. The molecule has 9 heteroatoms. The maximum Gasteiger partial charge on any atom is 0.412 e. The van der Waals surface area contributed by atoms with Crippen LogP contribution in [0.5, 0.6) is 0 Å².